The van der Waals surface area contributed by atoms with Crippen LogP contribution in [0.5, 0.6) is 0 Å². The zero-order valence-corrected chi connectivity index (χ0v) is 14.8. The first-order chi connectivity index (χ1) is 12.2. The highest BCUT2D eigenvalue weighted by molar-refractivity contribution is 5.78. The normalized spacial score (nSPS) is 21.5. The molecule has 1 atom stereocenters. The van der Waals surface area contributed by atoms with Gasteiger partial charge in [-0.2, -0.15) is 0 Å². The van der Waals surface area contributed by atoms with E-state index in [9.17, 15) is 4.79 Å². The van der Waals surface area contributed by atoms with E-state index in [1.54, 1.807) is 0 Å². The number of likely N-dealkylation sites (N-methyl/N-ethyl adjacent to an activating group) is 1. The molecule has 4 heterocycles. The number of rotatable bonds is 4. The molecule has 4 rings (SSSR count). The van der Waals surface area contributed by atoms with Gasteiger partial charge in [0.25, 0.3) is 0 Å². The first-order valence-corrected chi connectivity index (χ1v) is 8.97. The molecule has 25 heavy (non-hydrogen) atoms. The lowest BCUT2D eigenvalue weighted by Crippen LogP contribution is -2.52. The summed E-state index contributed by atoms with van der Waals surface area (Å²) in [4.78, 5) is 21.4. The molecule has 1 amide bonds. The lowest BCUT2D eigenvalue weighted by molar-refractivity contribution is -0.135. The second-order valence-electron chi connectivity index (χ2n) is 6.59. The summed E-state index contributed by atoms with van der Waals surface area (Å²) >= 11 is 0. The molecule has 2 aromatic rings. The Hall–Kier alpha value is -2.34. The first kappa shape index (κ1) is 16.1. The van der Waals surface area contributed by atoms with Gasteiger partial charge in [-0.25, -0.2) is 4.98 Å². The maximum atomic E-state index is 12.5. The Morgan fingerprint density at radius 2 is 2.20 bits per heavy atom. The Morgan fingerprint density at radius 1 is 1.32 bits per heavy atom. The number of hydrogen-bond acceptors (Lipinski definition) is 4. The fourth-order valence-corrected chi connectivity index (χ4v) is 4.29. The van der Waals surface area contributed by atoms with E-state index in [-0.39, 0.29) is 18.1 Å². The van der Waals surface area contributed by atoms with Crippen LogP contribution >= 0.6 is 0 Å². The highest BCUT2D eigenvalue weighted by atomic mass is 16.5. The van der Waals surface area contributed by atoms with Crippen molar-refractivity contribution in [2.24, 2.45) is 0 Å². The van der Waals surface area contributed by atoms with Crippen molar-refractivity contribution < 1.29 is 9.53 Å². The number of aromatic nitrogens is 2. The fraction of sp³-hybridized carbons (Fsp3) is 0.474. The molecule has 1 saturated heterocycles. The highest BCUT2D eigenvalue weighted by Gasteiger charge is 2.50. The van der Waals surface area contributed by atoms with Crippen LogP contribution in [0.2, 0.25) is 0 Å². The number of carbonyl (C=O) groups is 1. The van der Waals surface area contributed by atoms with Crippen LogP contribution in [0.25, 0.3) is 5.82 Å². The predicted octanol–water partition coefficient (Wildman–Crippen LogP) is 2.18. The summed E-state index contributed by atoms with van der Waals surface area (Å²) in [6, 6.07) is 8.34. The number of likely N-dealkylation sites (tertiary alicyclic amines) is 1. The number of amides is 1. The van der Waals surface area contributed by atoms with E-state index in [1.165, 1.54) is 5.69 Å². The first-order valence-electron chi connectivity index (χ1n) is 8.97. The lowest BCUT2D eigenvalue weighted by atomic mass is 9.89. The summed E-state index contributed by atoms with van der Waals surface area (Å²) < 4.78 is 7.51. The van der Waals surface area contributed by atoms with E-state index in [0.717, 1.165) is 31.0 Å². The minimum atomic E-state index is -0.198. The van der Waals surface area contributed by atoms with Gasteiger partial charge in [0, 0.05) is 38.6 Å². The monoisotopic (exact) mass is 340 g/mol. The maximum absolute atomic E-state index is 12.5. The van der Waals surface area contributed by atoms with Crippen LogP contribution in [0.1, 0.15) is 26.0 Å². The number of fused-ring (bicyclic) bond motifs is 4. The van der Waals surface area contributed by atoms with E-state index in [0.29, 0.717) is 13.2 Å². The van der Waals surface area contributed by atoms with Gasteiger partial charge in [0.1, 0.15) is 6.61 Å². The van der Waals surface area contributed by atoms with Crippen molar-refractivity contribution in [3.05, 3.63) is 42.4 Å². The van der Waals surface area contributed by atoms with Crippen LogP contribution in [-0.2, 0) is 15.1 Å². The van der Waals surface area contributed by atoms with Gasteiger partial charge in [-0.15, -0.1) is 0 Å². The van der Waals surface area contributed by atoms with Gasteiger partial charge in [0.2, 0.25) is 5.91 Å². The number of pyridine rings is 1. The third kappa shape index (κ3) is 2.35. The molecule has 0 N–H and O–H groups in total. The van der Waals surface area contributed by atoms with Gasteiger partial charge in [-0.05, 0) is 44.5 Å². The summed E-state index contributed by atoms with van der Waals surface area (Å²) in [7, 11) is 0. The number of anilines is 1. The van der Waals surface area contributed by atoms with Gasteiger partial charge in [-0.1, -0.05) is 0 Å². The number of hydrogen-bond donors (Lipinski definition) is 0. The molecule has 1 spiro atoms. The van der Waals surface area contributed by atoms with Crippen molar-refractivity contribution in [1.82, 2.24) is 14.5 Å². The van der Waals surface area contributed by atoms with Gasteiger partial charge < -0.3 is 19.1 Å². The standard InChI is InChI=1S/C19H24N4O2/c1-3-23-15-7-5-10-20-18(15)22-11-6-8-16(22)19(23)9-12-21(14-19)17(24)13-25-4-2/h5-8,10-11H,3-4,9,12-14H2,1-2H3/t19-/m1/s1. The van der Waals surface area contributed by atoms with Gasteiger partial charge in [0.15, 0.2) is 5.82 Å². The Bertz CT molecular complexity index is 787. The number of carbonyl (C=O) groups excluding carboxylic acids is 1. The molecule has 0 bridgehead atoms. The van der Waals surface area contributed by atoms with Crippen LogP contribution in [0.3, 0.4) is 0 Å². The van der Waals surface area contributed by atoms with Crippen LogP contribution in [0.15, 0.2) is 36.7 Å². The largest absolute Gasteiger partial charge is 0.372 e. The fourth-order valence-electron chi connectivity index (χ4n) is 4.29. The Balaban J connectivity index is 1.74. The molecule has 132 valence electrons. The average molecular weight is 340 g/mol. The zero-order valence-electron chi connectivity index (χ0n) is 14.8. The lowest BCUT2D eigenvalue weighted by Gasteiger charge is -2.46. The average Bonchev–Trinajstić information content (AvgIpc) is 3.29. The minimum Gasteiger partial charge on any atom is -0.372 e. The Labute approximate surface area is 148 Å². The van der Waals surface area contributed by atoms with Gasteiger partial charge in [-0.3, -0.25) is 4.79 Å². The number of nitrogens with zero attached hydrogens (tertiary/aromatic N) is 4. The van der Waals surface area contributed by atoms with Crippen molar-refractivity contribution in [2.75, 3.05) is 37.7 Å². The summed E-state index contributed by atoms with van der Waals surface area (Å²) in [5.74, 6) is 1.04. The molecule has 0 aromatic carbocycles. The second kappa shape index (κ2) is 6.19. The Kier molecular flexibility index (Phi) is 4.00. The SMILES string of the molecule is CCOCC(=O)N1CC[C@@]2(C1)c1cccn1-c1ncccc1N2CC. The Morgan fingerprint density at radius 3 is 3.00 bits per heavy atom. The molecule has 2 aliphatic rings. The third-order valence-corrected chi connectivity index (χ3v) is 5.37. The summed E-state index contributed by atoms with van der Waals surface area (Å²) in [5, 5.41) is 0. The highest BCUT2D eigenvalue weighted by Crippen LogP contribution is 2.46. The van der Waals surface area contributed by atoms with Crippen LogP contribution in [0.4, 0.5) is 5.69 Å². The van der Waals surface area contributed by atoms with Crippen LogP contribution in [0, 0.1) is 0 Å². The summed E-state index contributed by atoms with van der Waals surface area (Å²) in [5.41, 5.74) is 2.15. The van der Waals surface area contributed by atoms with E-state index in [1.807, 2.05) is 24.1 Å². The molecule has 1 fully saturated rings. The molecule has 0 saturated carbocycles. The molecule has 0 aliphatic carbocycles. The molecular weight excluding hydrogens is 316 g/mol. The molecule has 6 nitrogen and oxygen atoms in total. The van der Waals surface area contributed by atoms with Crippen molar-refractivity contribution in [3.8, 4) is 5.82 Å². The topological polar surface area (TPSA) is 50.6 Å². The van der Waals surface area contributed by atoms with Gasteiger partial charge >= 0.3 is 0 Å². The van der Waals surface area contributed by atoms with Crippen molar-refractivity contribution in [1.29, 1.82) is 0 Å². The summed E-state index contributed by atoms with van der Waals surface area (Å²) in [6.45, 7) is 7.12. The van der Waals surface area contributed by atoms with Crippen LogP contribution < -0.4 is 4.90 Å². The zero-order chi connectivity index (χ0) is 17.4. The summed E-state index contributed by atoms with van der Waals surface area (Å²) in [6.07, 6.45) is 4.82. The van der Waals surface area contributed by atoms with Crippen LogP contribution in [-0.4, -0.2) is 53.2 Å². The van der Waals surface area contributed by atoms with Gasteiger partial charge in [0.05, 0.1) is 16.9 Å². The minimum absolute atomic E-state index is 0.0740. The van der Waals surface area contributed by atoms with E-state index >= 15 is 0 Å². The maximum Gasteiger partial charge on any atom is 0.248 e. The predicted molar refractivity (Wildman–Crippen MR) is 96.0 cm³/mol. The molecule has 6 heteroatoms. The molecule has 2 aliphatic heterocycles. The van der Waals surface area contributed by atoms with E-state index in [4.69, 9.17) is 4.74 Å². The molecule has 0 radical (unpaired) electrons. The smallest absolute Gasteiger partial charge is 0.248 e. The number of ether oxygens (including phenoxy) is 1. The second-order valence-corrected chi connectivity index (χ2v) is 6.59. The van der Waals surface area contributed by atoms with Crippen molar-refractivity contribution in [3.63, 3.8) is 0 Å². The van der Waals surface area contributed by atoms with E-state index < -0.39 is 0 Å². The molecule has 2 aromatic heterocycles. The molecule has 0 unspecified atom stereocenters. The van der Waals surface area contributed by atoms with Crippen molar-refractivity contribution >= 4 is 11.6 Å². The van der Waals surface area contributed by atoms with E-state index in [2.05, 4.69) is 45.8 Å². The third-order valence-electron chi connectivity index (χ3n) is 5.37. The van der Waals surface area contributed by atoms with Crippen molar-refractivity contribution in [2.45, 2.75) is 25.8 Å². The molecular formula is C19H24N4O2. The quantitative estimate of drug-likeness (QED) is 0.856.